The normalized spacial score (nSPS) is 11.2. The highest BCUT2D eigenvalue weighted by Gasteiger charge is 2.18. The van der Waals surface area contributed by atoms with Gasteiger partial charge in [-0.2, -0.15) is 5.26 Å². The number of nitriles is 1. The molecule has 0 radical (unpaired) electrons. The Morgan fingerprint density at radius 2 is 2.05 bits per heavy atom. The van der Waals surface area contributed by atoms with E-state index >= 15 is 0 Å². The summed E-state index contributed by atoms with van der Waals surface area (Å²) in [6.45, 7) is 0.360. The van der Waals surface area contributed by atoms with Crippen LogP contribution in [0, 0.1) is 11.3 Å². The summed E-state index contributed by atoms with van der Waals surface area (Å²) in [7, 11) is -3.73. The Labute approximate surface area is 117 Å². The van der Waals surface area contributed by atoms with Gasteiger partial charge in [0.25, 0.3) is 0 Å². The lowest BCUT2D eigenvalue weighted by Crippen LogP contribution is -2.25. The maximum absolute atomic E-state index is 12.0. The first-order valence-electron chi connectivity index (χ1n) is 5.81. The molecular formula is C12H15ClN2O3S. The fraction of sp³-hybridized carbons (Fsp3) is 0.417. The Morgan fingerprint density at radius 3 is 2.68 bits per heavy atom. The Morgan fingerprint density at radius 1 is 1.32 bits per heavy atom. The Bertz CT molecular complexity index is 567. The Kier molecular flexibility index (Phi) is 6.25. The highest BCUT2D eigenvalue weighted by Crippen LogP contribution is 2.20. The molecular weight excluding hydrogens is 288 g/mol. The van der Waals surface area contributed by atoms with Crippen LogP contribution in [-0.2, 0) is 10.0 Å². The summed E-state index contributed by atoms with van der Waals surface area (Å²) in [5.74, 6) is 0. The van der Waals surface area contributed by atoms with Gasteiger partial charge >= 0.3 is 0 Å². The number of nitrogens with zero attached hydrogens (tertiary/aromatic N) is 1. The largest absolute Gasteiger partial charge is 0.396 e. The molecule has 7 heteroatoms. The van der Waals surface area contributed by atoms with Crippen molar-refractivity contribution in [2.45, 2.75) is 24.2 Å². The molecule has 0 spiro atoms. The molecule has 0 aliphatic rings. The Hall–Kier alpha value is -1.13. The lowest BCUT2D eigenvalue weighted by atomic mass is 10.2. The van der Waals surface area contributed by atoms with Crippen LogP contribution in [0.2, 0.25) is 5.02 Å². The van der Waals surface area contributed by atoms with Crippen LogP contribution in [0.1, 0.15) is 24.8 Å². The van der Waals surface area contributed by atoms with Crippen LogP contribution < -0.4 is 4.72 Å². The zero-order valence-electron chi connectivity index (χ0n) is 10.3. The molecule has 2 N–H and O–H groups in total. The summed E-state index contributed by atoms with van der Waals surface area (Å²) >= 11 is 5.75. The molecule has 0 unspecified atom stereocenters. The van der Waals surface area contributed by atoms with Gasteiger partial charge in [0, 0.05) is 18.2 Å². The van der Waals surface area contributed by atoms with Crippen molar-refractivity contribution in [2.75, 3.05) is 13.2 Å². The molecule has 0 atom stereocenters. The van der Waals surface area contributed by atoms with Crippen LogP contribution in [0.25, 0.3) is 0 Å². The number of hydrogen-bond acceptors (Lipinski definition) is 4. The number of halogens is 1. The molecule has 0 bridgehead atoms. The van der Waals surface area contributed by atoms with Crippen molar-refractivity contribution in [3.63, 3.8) is 0 Å². The Balaban J connectivity index is 2.78. The SMILES string of the molecule is N#Cc1ccc(Cl)cc1S(=O)(=O)NCCCCCO. The maximum atomic E-state index is 12.0. The van der Waals surface area contributed by atoms with Gasteiger partial charge in [0.15, 0.2) is 0 Å². The molecule has 0 aromatic heterocycles. The van der Waals surface area contributed by atoms with Gasteiger partial charge in [-0.05, 0) is 37.5 Å². The molecule has 0 aliphatic heterocycles. The molecule has 1 aromatic carbocycles. The van der Waals surface area contributed by atoms with Gasteiger partial charge in [-0.15, -0.1) is 0 Å². The van der Waals surface area contributed by atoms with Crippen LogP contribution >= 0.6 is 11.6 Å². The molecule has 0 amide bonds. The van der Waals surface area contributed by atoms with Gasteiger partial charge < -0.3 is 5.11 Å². The second-order valence-electron chi connectivity index (χ2n) is 3.93. The summed E-state index contributed by atoms with van der Waals surface area (Å²) in [5.41, 5.74) is 0.0623. The van der Waals surface area contributed by atoms with E-state index in [4.69, 9.17) is 22.0 Å². The molecule has 0 saturated carbocycles. The average molecular weight is 303 g/mol. The molecule has 0 fully saturated rings. The van der Waals surface area contributed by atoms with Crippen molar-refractivity contribution in [1.29, 1.82) is 5.26 Å². The minimum atomic E-state index is -3.73. The number of rotatable bonds is 7. The van der Waals surface area contributed by atoms with E-state index in [9.17, 15) is 8.42 Å². The van der Waals surface area contributed by atoms with Crippen molar-refractivity contribution >= 4 is 21.6 Å². The summed E-state index contributed by atoms with van der Waals surface area (Å²) in [4.78, 5) is -0.107. The molecule has 1 aromatic rings. The predicted octanol–water partition coefficient (Wildman–Crippen LogP) is 1.65. The summed E-state index contributed by atoms with van der Waals surface area (Å²) < 4.78 is 26.5. The van der Waals surface area contributed by atoms with Crippen LogP contribution in [0.15, 0.2) is 23.1 Å². The van der Waals surface area contributed by atoms with Gasteiger partial charge in [-0.1, -0.05) is 11.6 Å². The van der Waals surface area contributed by atoms with Gasteiger partial charge in [-0.3, -0.25) is 0 Å². The van der Waals surface area contributed by atoms with Crippen molar-refractivity contribution in [3.05, 3.63) is 28.8 Å². The standard InChI is InChI=1S/C12H15ClN2O3S/c13-11-5-4-10(9-14)12(8-11)19(17,18)15-6-2-1-3-7-16/h4-5,8,15-16H,1-3,6-7H2. The summed E-state index contributed by atoms with van der Waals surface area (Å²) in [6.07, 6.45) is 2.00. The molecule has 1 rings (SSSR count). The van der Waals surface area contributed by atoms with Crippen LogP contribution in [0.5, 0.6) is 0 Å². The van der Waals surface area contributed by atoms with E-state index in [-0.39, 0.29) is 28.6 Å². The summed E-state index contributed by atoms with van der Waals surface area (Å²) in [5, 5.41) is 17.8. The quantitative estimate of drug-likeness (QED) is 0.749. The first kappa shape index (κ1) is 15.9. The van der Waals surface area contributed by atoms with Gasteiger partial charge in [0.1, 0.15) is 11.0 Å². The molecule has 104 valence electrons. The molecule has 5 nitrogen and oxygen atoms in total. The number of unbranched alkanes of at least 4 members (excludes halogenated alkanes) is 2. The molecule has 0 saturated heterocycles. The third-order valence-electron chi connectivity index (χ3n) is 2.48. The van der Waals surface area contributed by atoms with Crippen molar-refractivity contribution < 1.29 is 13.5 Å². The second kappa shape index (κ2) is 7.46. The van der Waals surface area contributed by atoms with Crippen molar-refractivity contribution in [1.82, 2.24) is 4.72 Å². The van der Waals surface area contributed by atoms with Crippen LogP contribution in [-0.4, -0.2) is 26.7 Å². The van der Waals surface area contributed by atoms with E-state index in [0.717, 1.165) is 6.42 Å². The topological polar surface area (TPSA) is 90.2 Å². The number of aliphatic hydroxyl groups is 1. The minimum absolute atomic E-state index is 0.0623. The first-order chi connectivity index (χ1) is 9.01. The highest BCUT2D eigenvalue weighted by atomic mass is 35.5. The molecule has 0 aliphatic carbocycles. The van der Waals surface area contributed by atoms with Crippen molar-refractivity contribution in [2.24, 2.45) is 0 Å². The molecule has 0 heterocycles. The number of aliphatic hydroxyl groups excluding tert-OH is 1. The number of hydrogen-bond donors (Lipinski definition) is 2. The van der Waals surface area contributed by atoms with E-state index < -0.39 is 10.0 Å². The predicted molar refractivity (Wildman–Crippen MR) is 72.3 cm³/mol. The monoisotopic (exact) mass is 302 g/mol. The third-order valence-corrected chi connectivity index (χ3v) is 4.22. The van der Waals surface area contributed by atoms with Crippen LogP contribution in [0.3, 0.4) is 0 Å². The zero-order valence-corrected chi connectivity index (χ0v) is 11.8. The van der Waals surface area contributed by atoms with E-state index in [1.165, 1.54) is 18.2 Å². The fourth-order valence-electron chi connectivity index (χ4n) is 1.51. The second-order valence-corrected chi connectivity index (χ2v) is 6.11. The average Bonchev–Trinajstić information content (AvgIpc) is 2.38. The maximum Gasteiger partial charge on any atom is 0.241 e. The van der Waals surface area contributed by atoms with E-state index in [0.29, 0.717) is 12.8 Å². The van der Waals surface area contributed by atoms with Crippen molar-refractivity contribution in [3.8, 4) is 6.07 Å². The zero-order chi connectivity index (χ0) is 14.3. The van der Waals surface area contributed by atoms with E-state index in [1.54, 1.807) is 0 Å². The van der Waals surface area contributed by atoms with E-state index in [1.807, 2.05) is 6.07 Å². The van der Waals surface area contributed by atoms with E-state index in [2.05, 4.69) is 4.72 Å². The smallest absolute Gasteiger partial charge is 0.241 e. The number of benzene rings is 1. The summed E-state index contributed by atoms with van der Waals surface area (Å²) in [6, 6.07) is 5.94. The highest BCUT2D eigenvalue weighted by molar-refractivity contribution is 7.89. The lowest BCUT2D eigenvalue weighted by Gasteiger charge is -2.08. The van der Waals surface area contributed by atoms with Gasteiger partial charge in [-0.25, -0.2) is 13.1 Å². The number of sulfonamides is 1. The van der Waals surface area contributed by atoms with Crippen LogP contribution in [0.4, 0.5) is 0 Å². The fourth-order valence-corrected chi connectivity index (χ4v) is 3.00. The lowest BCUT2D eigenvalue weighted by molar-refractivity contribution is 0.283. The van der Waals surface area contributed by atoms with Gasteiger partial charge in [0.05, 0.1) is 5.56 Å². The first-order valence-corrected chi connectivity index (χ1v) is 7.67. The third kappa shape index (κ3) is 4.80. The van der Waals surface area contributed by atoms with Gasteiger partial charge in [0.2, 0.25) is 10.0 Å². The minimum Gasteiger partial charge on any atom is -0.396 e. The number of nitrogens with one attached hydrogen (secondary N) is 1. The molecule has 19 heavy (non-hydrogen) atoms.